The first-order valence-corrected chi connectivity index (χ1v) is 11.1. The smallest absolute Gasteiger partial charge is 0.0208 e. The Morgan fingerprint density at radius 1 is 0.481 bits per heavy atom. The van der Waals surface area contributed by atoms with Gasteiger partial charge in [0.05, 0.1) is 0 Å². The molecule has 0 atom stereocenters. The molecule has 1 nitrogen and oxygen atoms in total. The van der Waals surface area contributed by atoms with E-state index in [1.54, 1.807) is 0 Å². The normalized spacial score (nSPS) is 10.3. The predicted molar refractivity (Wildman–Crippen MR) is 121 cm³/mol. The van der Waals surface area contributed by atoms with E-state index in [1.165, 1.54) is 75.3 Å². The summed E-state index contributed by atoms with van der Waals surface area (Å²) < 4.78 is 0. The van der Waals surface area contributed by atoms with Gasteiger partial charge in [0.1, 0.15) is 0 Å². The second kappa shape index (κ2) is 17.8. The third-order valence-corrected chi connectivity index (χ3v) is 4.80. The van der Waals surface area contributed by atoms with E-state index in [0.717, 1.165) is 13.1 Å². The molecule has 1 N–H and O–H groups in total. The molecule has 27 heavy (non-hydrogen) atoms. The summed E-state index contributed by atoms with van der Waals surface area (Å²) in [5, 5.41) is 3.42. The Kier molecular flexibility index (Phi) is 15.4. The summed E-state index contributed by atoms with van der Waals surface area (Å²) in [7, 11) is 0. The standard InChI is InChI=1S/C14H15N.C12H26/c1-3-7-13(8-4-1)11-15-12-14-9-5-2-6-10-14;1-3-5-7-9-11-12-10-8-6-4-2/h1-10,15H,11-12H2;3-12H2,1-2H3. The molecular weight excluding hydrogens is 326 g/mol. The van der Waals surface area contributed by atoms with Gasteiger partial charge in [-0.25, -0.2) is 0 Å². The molecule has 0 heterocycles. The lowest BCUT2D eigenvalue weighted by atomic mass is 10.1. The Bertz CT molecular complexity index is 471. The zero-order chi connectivity index (χ0) is 19.4. The summed E-state index contributed by atoms with van der Waals surface area (Å²) in [6.07, 6.45) is 14.4. The van der Waals surface area contributed by atoms with Crippen molar-refractivity contribution in [2.75, 3.05) is 0 Å². The first-order valence-electron chi connectivity index (χ1n) is 11.1. The monoisotopic (exact) mass is 367 g/mol. The summed E-state index contributed by atoms with van der Waals surface area (Å²) >= 11 is 0. The van der Waals surface area contributed by atoms with E-state index in [4.69, 9.17) is 0 Å². The van der Waals surface area contributed by atoms with Crippen LogP contribution in [0, 0.1) is 0 Å². The average Bonchev–Trinajstić information content (AvgIpc) is 2.72. The maximum Gasteiger partial charge on any atom is 0.0208 e. The fraction of sp³-hybridized carbons (Fsp3) is 0.538. The van der Waals surface area contributed by atoms with Crippen molar-refractivity contribution < 1.29 is 0 Å². The van der Waals surface area contributed by atoms with Crippen molar-refractivity contribution >= 4 is 0 Å². The van der Waals surface area contributed by atoms with Gasteiger partial charge in [0.2, 0.25) is 0 Å². The van der Waals surface area contributed by atoms with Crippen LogP contribution in [-0.2, 0) is 13.1 Å². The zero-order valence-electron chi connectivity index (χ0n) is 17.8. The van der Waals surface area contributed by atoms with Crippen LogP contribution < -0.4 is 5.32 Å². The maximum atomic E-state index is 3.42. The summed E-state index contributed by atoms with van der Waals surface area (Å²) in [6.45, 7) is 6.41. The minimum Gasteiger partial charge on any atom is -0.309 e. The van der Waals surface area contributed by atoms with Gasteiger partial charge in [-0.15, -0.1) is 0 Å². The van der Waals surface area contributed by atoms with Crippen LogP contribution in [0.15, 0.2) is 60.7 Å². The highest BCUT2D eigenvalue weighted by Crippen LogP contribution is 2.10. The van der Waals surface area contributed by atoms with Crippen molar-refractivity contribution in [1.82, 2.24) is 5.32 Å². The van der Waals surface area contributed by atoms with Gasteiger partial charge >= 0.3 is 0 Å². The molecule has 0 amide bonds. The van der Waals surface area contributed by atoms with Gasteiger partial charge in [0, 0.05) is 13.1 Å². The van der Waals surface area contributed by atoms with Gasteiger partial charge in [0.15, 0.2) is 0 Å². The van der Waals surface area contributed by atoms with Crippen LogP contribution in [0.3, 0.4) is 0 Å². The van der Waals surface area contributed by atoms with Gasteiger partial charge in [0.25, 0.3) is 0 Å². The first-order chi connectivity index (χ1) is 13.4. The van der Waals surface area contributed by atoms with Crippen molar-refractivity contribution in [3.8, 4) is 0 Å². The number of benzene rings is 2. The molecule has 0 aliphatic heterocycles. The lowest BCUT2D eigenvalue weighted by Gasteiger charge is -2.04. The quantitative estimate of drug-likeness (QED) is 0.355. The Labute approximate surface area is 168 Å². The Hall–Kier alpha value is -1.60. The van der Waals surface area contributed by atoms with Crippen LogP contribution in [0.1, 0.15) is 89.2 Å². The van der Waals surface area contributed by atoms with E-state index in [-0.39, 0.29) is 0 Å². The largest absolute Gasteiger partial charge is 0.309 e. The molecular formula is C26H41N. The summed E-state index contributed by atoms with van der Waals surface area (Å²) in [4.78, 5) is 0. The van der Waals surface area contributed by atoms with E-state index in [2.05, 4.69) is 67.7 Å². The topological polar surface area (TPSA) is 12.0 Å². The third kappa shape index (κ3) is 14.2. The molecule has 1 heteroatoms. The molecule has 0 saturated carbocycles. The number of rotatable bonds is 13. The summed E-state index contributed by atoms with van der Waals surface area (Å²) in [5.41, 5.74) is 2.65. The van der Waals surface area contributed by atoms with Crippen LogP contribution >= 0.6 is 0 Å². The molecule has 0 radical (unpaired) electrons. The van der Waals surface area contributed by atoms with Crippen LogP contribution in [0.4, 0.5) is 0 Å². The Morgan fingerprint density at radius 3 is 1.15 bits per heavy atom. The molecule has 2 aromatic rings. The highest BCUT2D eigenvalue weighted by atomic mass is 14.8. The van der Waals surface area contributed by atoms with Gasteiger partial charge < -0.3 is 5.32 Å². The van der Waals surface area contributed by atoms with Gasteiger partial charge in [-0.3, -0.25) is 0 Å². The van der Waals surface area contributed by atoms with Crippen molar-refractivity contribution in [2.24, 2.45) is 0 Å². The van der Waals surface area contributed by atoms with Gasteiger partial charge in [-0.05, 0) is 11.1 Å². The van der Waals surface area contributed by atoms with Crippen LogP contribution in [0.2, 0.25) is 0 Å². The predicted octanol–water partition coefficient (Wildman–Crippen LogP) is 7.90. The lowest BCUT2D eigenvalue weighted by molar-refractivity contribution is 0.562. The minimum atomic E-state index is 0.926. The molecule has 0 aliphatic rings. The van der Waals surface area contributed by atoms with E-state index < -0.39 is 0 Å². The zero-order valence-corrected chi connectivity index (χ0v) is 17.8. The Balaban J connectivity index is 0.000000279. The first kappa shape index (κ1) is 23.4. The van der Waals surface area contributed by atoms with Gasteiger partial charge in [-0.2, -0.15) is 0 Å². The summed E-state index contributed by atoms with van der Waals surface area (Å²) in [5.74, 6) is 0. The minimum absolute atomic E-state index is 0.926. The maximum absolute atomic E-state index is 3.42. The number of hydrogen-bond donors (Lipinski definition) is 1. The average molecular weight is 368 g/mol. The molecule has 150 valence electrons. The number of hydrogen-bond acceptors (Lipinski definition) is 1. The lowest BCUT2D eigenvalue weighted by Crippen LogP contribution is -2.12. The van der Waals surface area contributed by atoms with Gasteiger partial charge in [-0.1, -0.05) is 139 Å². The van der Waals surface area contributed by atoms with Crippen molar-refractivity contribution in [3.05, 3.63) is 71.8 Å². The molecule has 2 rings (SSSR count). The van der Waals surface area contributed by atoms with Crippen LogP contribution in [0.25, 0.3) is 0 Å². The molecule has 2 aromatic carbocycles. The molecule has 0 aromatic heterocycles. The van der Waals surface area contributed by atoms with Crippen LogP contribution in [-0.4, -0.2) is 0 Å². The SMILES string of the molecule is CCCCCCCCCCCC.c1ccc(CNCc2ccccc2)cc1. The van der Waals surface area contributed by atoms with Crippen molar-refractivity contribution in [1.29, 1.82) is 0 Å². The number of unbranched alkanes of at least 4 members (excludes halogenated alkanes) is 9. The van der Waals surface area contributed by atoms with Crippen molar-refractivity contribution in [3.63, 3.8) is 0 Å². The molecule has 0 saturated heterocycles. The highest BCUT2D eigenvalue weighted by Gasteiger charge is 1.92. The molecule has 0 fully saturated rings. The second-order valence-electron chi connectivity index (χ2n) is 7.40. The van der Waals surface area contributed by atoms with E-state index in [0.29, 0.717) is 0 Å². The molecule has 0 unspecified atom stereocenters. The van der Waals surface area contributed by atoms with Crippen LogP contribution in [0.5, 0.6) is 0 Å². The summed E-state index contributed by atoms with van der Waals surface area (Å²) in [6, 6.07) is 20.9. The molecule has 0 aliphatic carbocycles. The van der Waals surface area contributed by atoms with E-state index in [1.807, 2.05) is 12.1 Å². The Morgan fingerprint density at radius 2 is 0.815 bits per heavy atom. The fourth-order valence-corrected chi connectivity index (χ4v) is 3.10. The van der Waals surface area contributed by atoms with Crippen molar-refractivity contribution in [2.45, 2.75) is 91.1 Å². The fourth-order valence-electron chi connectivity index (χ4n) is 3.10. The van der Waals surface area contributed by atoms with E-state index >= 15 is 0 Å². The third-order valence-electron chi connectivity index (χ3n) is 4.80. The highest BCUT2D eigenvalue weighted by molar-refractivity contribution is 5.16. The van der Waals surface area contributed by atoms with E-state index in [9.17, 15) is 0 Å². The number of nitrogens with one attached hydrogen (secondary N) is 1. The molecule has 0 spiro atoms. The second-order valence-corrected chi connectivity index (χ2v) is 7.40. The molecule has 0 bridgehead atoms.